The van der Waals surface area contributed by atoms with Gasteiger partial charge in [-0.25, -0.2) is 4.98 Å². The number of hydrogen-bond donors (Lipinski definition) is 1. The van der Waals surface area contributed by atoms with Gasteiger partial charge in [-0.1, -0.05) is 11.6 Å². The summed E-state index contributed by atoms with van der Waals surface area (Å²) in [7, 11) is 0. The second-order valence-corrected chi connectivity index (χ2v) is 2.91. The molecule has 0 aliphatic heterocycles. The number of anilines is 1. The number of pyridine rings is 1. The summed E-state index contributed by atoms with van der Waals surface area (Å²) in [6, 6.07) is 1.28. The van der Waals surface area contributed by atoms with Gasteiger partial charge in [0.15, 0.2) is 5.69 Å². The van der Waals surface area contributed by atoms with E-state index in [1.54, 1.807) is 0 Å². The van der Waals surface area contributed by atoms with E-state index in [1.807, 2.05) is 0 Å². The number of nitrogen functional groups attached to an aromatic ring is 1. The minimum absolute atomic E-state index is 0.209. The molecule has 2 N–H and O–H groups in total. The van der Waals surface area contributed by atoms with Gasteiger partial charge in [0.05, 0.1) is 5.69 Å². The largest absolute Gasteiger partial charge is 0.435 e. The first-order valence-corrected chi connectivity index (χ1v) is 3.70. The average molecular weight is 211 g/mol. The summed E-state index contributed by atoms with van der Waals surface area (Å²) in [6.45, 7) is 1.44. The lowest BCUT2D eigenvalue weighted by molar-refractivity contribution is -0.140. The van der Waals surface area contributed by atoms with Gasteiger partial charge in [0.25, 0.3) is 0 Å². The van der Waals surface area contributed by atoms with Gasteiger partial charge in [-0.2, -0.15) is 13.2 Å². The lowest BCUT2D eigenvalue weighted by Gasteiger charge is -2.10. The zero-order chi connectivity index (χ0) is 10.2. The van der Waals surface area contributed by atoms with Crippen molar-refractivity contribution in [2.45, 2.75) is 13.1 Å². The average Bonchev–Trinajstić information content (AvgIpc) is 1.94. The second kappa shape index (κ2) is 3.06. The molecule has 0 saturated heterocycles. The van der Waals surface area contributed by atoms with Crippen molar-refractivity contribution < 1.29 is 13.2 Å². The van der Waals surface area contributed by atoms with E-state index >= 15 is 0 Å². The first kappa shape index (κ1) is 10.1. The highest BCUT2D eigenvalue weighted by atomic mass is 35.5. The van der Waals surface area contributed by atoms with Gasteiger partial charge in [0.1, 0.15) is 5.15 Å². The Balaban J connectivity index is 3.37. The Morgan fingerprint density at radius 1 is 1.46 bits per heavy atom. The number of hydrogen-bond acceptors (Lipinski definition) is 2. The molecule has 1 heterocycles. The minimum Gasteiger partial charge on any atom is -0.397 e. The van der Waals surface area contributed by atoms with Crippen LogP contribution in [0.1, 0.15) is 11.3 Å². The molecule has 0 fully saturated rings. The van der Waals surface area contributed by atoms with Crippen molar-refractivity contribution in [2.75, 3.05) is 5.73 Å². The van der Waals surface area contributed by atoms with Crippen LogP contribution in [0.25, 0.3) is 0 Å². The normalized spacial score (nSPS) is 11.8. The number of rotatable bonds is 0. The Morgan fingerprint density at radius 3 is 2.46 bits per heavy atom. The van der Waals surface area contributed by atoms with Crippen molar-refractivity contribution >= 4 is 17.3 Å². The zero-order valence-electron chi connectivity index (χ0n) is 6.61. The van der Waals surface area contributed by atoms with Crippen LogP contribution in [0.4, 0.5) is 18.9 Å². The Bertz CT molecular complexity index is 335. The summed E-state index contributed by atoms with van der Waals surface area (Å²) >= 11 is 5.36. The lowest BCUT2D eigenvalue weighted by Crippen LogP contribution is -2.12. The summed E-state index contributed by atoms with van der Waals surface area (Å²) in [5.41, 5.74) is 3.96. The van der Waals surface area contributed by atoms with Gasteiger partial charge in [0.2, 0.25) is 0 Å². The van der Waals surface area contributed by atoms with Crippen LogP contribution >= 0.6 is 11.6 Å². The fourth-order valence-corrected chi connectivity index (χ4v) is 1.11. The summed E-state index contributed by atoms with van der Waals surface area (Å²) in [4.78, 5) is 3.12. The van der Waals surface area contributed by atoms with E-state index in [-0.39, 0.29) is 16.4 Å². The Kier molecular flexibility index (Phi) is 2.38. The molecule has 0 unspecified atom stereocenters. The molecule has 0 radical (unpaired) electrons. The van der Waals surface area contributed by atoms with Crippen LogP contribution in [-0.4, -0.2) is 4.98 Å². The standard InChI is InChI=1S/C7H6ClF3N2/c1-3-2-4(8)13-6(5(3)12)7(9,10)11/h2H,12H2,1H3. The van der Waals surface area contributed by atoms with E-state index in [0.717, 1.165) is 0 Å². The molecular formula is C7H6ClF3N2. The molecule has 13 heavy (non-hydrogen) atoms. The lowest BCUT2D eigenvalue weighted by atomic mass is 10.2. The number of halogens is 4. The highest BCUT2D eigenvalue weighted by molar-refractivity contribution is 6.29. The second-order valence-electron chi connectivity index (χ2n) is 2.52. The Labute approximate surface area is 77.5 Å². The van der Waals surface area contributed by atoms with Crippen LogP contribution < -0.4 is 5.73 Å². The van der Waals surface area contributed by atoms with Crippen LogP contribution in [-0.2, 0) is 6.18 Å². The Morgan fingerprint density at radius 2 is 2.00 bits per heavy atom. The van der Waals surface area contributed by atoms with Gasteiger partial charge in [-0.15, -0.1) is 0 Å². The van der Waals surface area contributed by atoms with Crippen molar-refractivity contribution in [3.63, 3.8) is 0 Å². The molecule has 72 valence electrons. The molecule has 0 atom stereocenters. The first-order valence-electron chi connectivity index (χ1n) is 3.32. The van der Waals surface area contributed by atoms with E-state index in [2.05, 4.69) is 4.98 Å². The molecule has 0 aliphatic carbocycles. The van der Waals surface area contributed by atoms with Crippen LogP contribution in [0.2, 0.25) is 5.15 Å². The van der Waals surface area contributed by atoms with E-state index < -0.39 is 11.9 Å². The quantitative estimate of drug-likeness (QED) is 0.669. The molecule has 0 saturated carbocycles. The number of nitrogens with two attached hydrogens (primary N) is 1. The summed E-state index contributed by atoms with van der Waals surface area (Å²) in [5.74, 6) is 0. The molecule has 0 bridgehead atoms. The molecule has 0 amide bonds. The third-order valence-corrected chi connectivity index (χ3v) is 1.70. The van der Waals surface area contributed by atoms with Crippen molar-refractivity contribution in [1.29, 1.82) is 0 Å². The summed E-state index contributed by atoms with van der Waals surface area (Å²) in [5, 5.41) is -0.209. The number of alkyl halides is 3. The van der Waals surface area contributed by atoms with E-state index in [1.165, 1.54) is 13.0 Å². The van der Waals surface area contributed by atoms with Crippen molar-refractivity contribution in [1.82, 2.24) is 4.98 Å². The minimum atomic E-state index is -4.56. The molecule has 1 aromatic rings. The van der Waals surface area contributed by atoms with Gasteiger partial charge >= 0.3 is 6.18 Å². The smallest absolute Gasteiger partial charge is 0.397 e. The molecular weight excluding hydrogens is 205 g/mol. The summed E-state index contributed by atoms with van der Waals surface area (Å²) in [6.07, 6.45) is -4.56. The van der Waals surface area contributed by atoms with Crippen LogP contribution in [0.5, 0.6) is 0 Å². The fourth-order valence-electron chi connectivity index (χ4n) is 0.859. The molecule has 1 rings (SSSR count). The topological polar surface area (TPSA) is 38.9 Å². The highest BCUT2D eigenvalue weighted by Crippen LogP contribution is 2.34. The number of aromatic nitrogens is 1. The molecule has 0 spiro atoms. The predicted octanol–water partition coefficient (Wildman–Crippen LogP) is 2.64. The molecule has 2 nitrogen and oxygen atoms in total. The van der Waals surface area contributed by atoms with Gasteiger partial charge in [0, 0.05) is 0 Å². The number of aryl methyl sites for hydroxylation is 1. The maximum absolute atomic E-state index is 12.2. The van der Waals surface area contributed by atoms with Crippen molar-refractivity contribution in [3.05, 3.63) is 22.5 Å². The maximum Gasteiger partial charge on any atom is 0.435 e. The van der Waals surface area contributed by atoms with E-state index in [0.29, 0.717) is 0 Å². The third-order valence-electron chi connectivity index (χ3n) is 1.50. The molecule has 6 heteroatoms. The highest BCUT2D eigenvalue weighted by Gasteiger charge is 2.35. The third kappa shape index (κ3) is 2.03. The van der Waals surface area contributed by atoms with E-state index in [4.69, 9.17) is 17.3 Å². The predicted molar refractivity (Wildman–Crippen MR) is 43.4 cm³/mol. The van der Waals surface area contributed by atoms with Crippen molar-refractivity contribution in [2.24, 2.45) is 0 Å². The number of nitrogens with zero attached hydrogens (tertiary/aromatic N) is 1. The SMILES string of the molecule is Cc1cc(Cl)nc(C(F)(F)F)c1N. The fraction of sp³-hybridized carbons (Fsp3) is 0.286. The maximum atomic E-state index is 12.2. The molecule has 0 aromatic carbocycles. The molecule has 1 aromatic heterocycles. The van der Waals surface area contributed by atoms with Crippen molar-refractivity contribution in [3.8, 4) is 0 Å². The van der Waals surface area contributed by atoms with Crippen LogP contribution in [0.15, 0.2) is 6.07 Å². The first-order chi connectivity index (χ1) is 5.82. The van der Waals surface area contributed by atoms with Crippen LogP contribution in [0, 0.1) is 6.92 Å². The molecule has 0 aliphatic rings. The zero-order valence-corrected chi connectivity index (χ0v) is 7.37. The Hall–Kier alpha value is -0.970. The summed E-state index contributed by atoms with van der Waals surface area (Å²) < 4.78 is 36.6. The van der Waals surface area contributed by atoms with Crippen LogP contribution in [0.3, 0.4) is 0 Å². The van der Waals surface area contributed by atoms with Gasteiger partial charge in [-0.05, 0) is 18.6 Å². The van der Waals surface area contributed by atoms with Gasteiger partial charge < -0.3 is 5.73 Å². The van der Waals surface area contributed by atoms with Gasteiger partial charge in [-0.3, -0.25) is 0 Å². The van der Waals surface area contributed by atoms with E-state index in [9.17, 15) is 13.2 Å². The monoisotopic (exact) mass is 210 g/mol.